The molecule has 0 fully saturated rings. The molecular formula is C34H62. The molecule has 34 heavy (non-hydrogen) atoms. The molecule has 0 spiro atoms. The predicted octanol–water partition coefficient (Wildman–Crippen LogP) is 12.3. The van der Waals surface area contributed by atoms with Crippen LogP contribution in [0.2, 0.25) is 0 Å². The molecular weight excluding hydrogens is 408 g/mol. The fourth-order valence-corrected chi connectivity index (χ4v) is 3.43. The lowest BCUT2D eigenvalue weighted by molar-refractivity contribution is 0.588. The first-order valence-electron chi connectivity index (χ1n) is 14.3. The molecule has 2 aromatic rings. The summed E-state index contributed by atoms with van der Waals surface area (Å²) in [5, 5.41) is 0. The number of hydrogen-bond donors (Lipinski definition) is 0. The fraction of sp³-hybridized carbons (Fsp3) is 0.647. The van der Waals surface area contributed by atoms with Gasteiger partial charge in [-0.05, 0) is 44.2 Å². The molecule has 0 heterocycles. The van der Waals surface area contributed by atoms with Gasteiger partial charge in [0.15, 0.2) is 0 Å². The Hall–Kier alpha value is -1.56. The summed E-state index contributed by atoms with van der Waals surface area (Å²) in [6.07, 6.45) is 2.64. The van der Waals surface area contributed by atoms with Gasteiger partial charge < -0.3 is 0 Å². The molecule has 0 bridgehead atoms. The van der Waals surface area contributed by atoms with Gasteiger partial charge in [0, 0.05) is 5.92 Å². The average molecular weight is 471 g/mol. The number of benzene rings is 2. The normalized spacial score (nSPS) is 11.2. The number of rotatable bonds is 1. The van der Waals surface area contributed by atoms with Crippen LogP contribution in [0.5, 0.6) is 0 Å². The highest BCUT2D eigenvalue weighted by Crippen LogP contribution is 2.46. The van der Waals surface area contributed by atoms with Gasteiger partial charge in [0.25, 0.3) is 0 Å². The van der Waals surface area contributed by atoms with Crippen molar-refractivity contribution < 1.29 is 0 Å². The summed E-state index contributed by atoms with van der Waals surface area (Å²) in [5.74, 6) is 0.495. The lowest BCUT2D eigenvalue weighted by atomic mass is 9.84. The summed E-state index contributed by atoms with van der Waals surface area (Å²) >= 11 is 0. The number of fused-ring (bicyclic) bond motifs is 3. The lowest BCUT2D eigenvalue weighted by Crippen LogP contribution is -2.11. The Bertz CT molecular complexity index is 685. The van der Waals surface area contributed by atoms with E-state index in [1.165, 1.54) is 46.2 Å². The van der Waals surface area contributed by atoms with Crippen LogP contribution in [0.4, 0.5) is 0 Å². The zero-order valence-electron chi connectivity index (χ0n) is 26.5. The molecule has 0 unspecified atom stereocenters. The maximum absolute atomic E-state index is 2.43. The van der Waals surface area contributed by atoms with Gasteiger partial charge in [-0.15, -0.1) is 0 Å². The van der Waals surface area contributed by atoms with E-state index >= 15 is 0 Å². The van der Waals surface area contributed by atoms with E-state index in [1.807, 2.05) is 55.4 Å². The summed E-state index contributed by atoms with van der Waals surface area (Å²) < 4.78 is 0. The molecule has 0 N–H and O–H groups in total. The summed E-state index contributed by atoms with van der Waals surface area (Å²) in [6, 6.07) is 14.1. The maximum Gasteiger partial charge on any atom is 0.00735 e. The van der Waals surface area contributed by atoms with Crippen molar-refractivity contribution in [3.63, 3.8) is 0 Å². The minimum Gasteiger partial charge on any atom is -0.0683 e. The topological polar surface area (TPSA) is 0 Å². The van der Waals surface area contributed by atoms with E-state index in [4.69, 9.17) is 0 Å². The maximum atomic E-state index is 2.43. The monoisotopic (exact) mass is 470 g/mol. The highest BCUT2D eigenvalue weighted by atomic mass is 14.3. The fourth-order valence-electron chi connectivity index (χ4n) is 3.43. The molecule has 1 aliphatic carbocycles. The molecule has 0 atom stereocenters. The van der Waals surface area contributed by atoms with E-state index in [-0.39, 0.29) is 10.8 Å². The molecule has 0 saturated heterocycles. The molecule has 198 valence electrons. The third-order valence-electron chi connectivity index (χ3n) is 5.56. The van der Waals surface area contributed by atoms with E-state index in [2.05, 4.69) is 98.7 Å². The first kappa shape index (κ1) is 37.0. The van der Waals surface area contributed by atoms with Crippen LogP contribution in [0.3, 0.4) is 0 Å². The average Bonchev–Trinajstić information content (AvgIpc) is 3.14. The minimum absolute atomic E-state index is 0.208. The van der Waals surface area contributed by atoms with Crippen molar-refractivity contribution >= 4 is 0 Å². The molecule has 0 nitrogen and oxygen atoms in total. The molecule has 0 heteroatoms. The van der Waals surface area contributed by atoms with Gasteiger partial charge in [-0.1, -0.05) is 167 Å². The van der Waals surface area contributed by atoms with Gasteiger partial charge in [0.2, 0.25) is 0 Å². The van der Waals surface area contributed by atoms with Crippen LogP contribution < -0.4 is 0 Å². The van der Waals surface area contributed by atoms with Crippen LogP contribution in [0.25, 0.3) is 11.1 Å². The van der Waals surface area contributed by atoms with E-state index in [9.17, 15) is 0 Å². The smallest absolute Gasteiger partial charge is 0.00735 e. The van der Waals surface area contributed by atoms with Crippen molar-refractivity contribution in [2.24, 2.45) is 0 Å². The molecule has 2 aromatic carbocycles. The highest BCUT2D eigenvalue weighted by Gasteiger charge is 2.28. The van der Waals surface area contributed by atoms with E-state index < -0.39 is 0 Å². The third kappa shape index (κ3) is 10.8. The first-order chi connectivity index (χ1) is 16.0. The van der Waals surface area contributed by atoms with Crippen molar-refractivity contribution in [3.05, 3.63) is 58.7 Å². The van der Waals surface area contributed by atoms with Gasteiger partial charge >= 0.3 is 0 Å². The highest BCUT2D eigenvalue weighted by molar-refractivity contribution is 5.79. The Morgan fingerprint density at radius 3 is 1.00 bits per heavy atom. The van der Waals surface area contributed by atoms with Gasteiger partial charge in [-0.3, -0.25) is 0 Å². The number of unbranched alkanes of at least 4 members (excludes halogenated alkanes) is 1. The van der Waals surface area contributed by atoms with Crippen molar-refractivity contribution in [2.75, 3.05) is 0 Å². The van der Waals surface area contributed by atoms with Gasteiger partial charge in [-0.25, -0.2) is 0 Å². The Kier molecular flexibility index (Phi) is 20.4. The summed E-state index contributed by atoms with van der Waals surface area (Å²) in [4.78, 5) is 0. The lowest BCUT2D eigenvalue weighted by Gasteiger charge is -2.21. The molecule has 0 saturated carbocycles. The van der Waals surface area contributed by atoms with Crippen LogP contribution in [-0.4, -0.2) is 0 Å². The summed E-state index contributed by atoms with van der Waals surface area (Å²) in [7, 11) is 0. The quantitative estimate of drug-likeness (QED) is 0.388. The van der Waals surface area contributed by atoms with Crippen LogP contribution in [0.1, 0.15) is 159 Å². The minimum atomic E-state index is 0.208. The molecule has 1 aliphatic rings. The van der Waals surface area contributed by atoms with Crippen LogP contribution in [0, 0.1) is 0 Å². The molecule has 0 aliphatic heterocycles. The van der Waals surface area contributed by atoms with Crippen molar-refractivity contribution in [3.8, 4) is 11.1 Å². The van der Waals surface area contributed by atoms with Crippen LogP contribution in [-0.2, 0) is 10.8 Å². The SMILES string of the molecule is CC.CC.CC.CC.CC1c2cc(C(C)(C)C)ccc2-c2ccc(C(C)(C)C)cc21.CCCC. The Balaban J connectivity index is -0.000000690. The van der Waals surface area contributed by atoms with Gasteiger partial charge in [0.05, 0.1) is 0 Å². The van der Waals surface area contributed by atoms with Crippen LogP contribution in [0.15, 0.2) is 36.4 Å². The number of hydrogen-bond acceptors (Lipinski definition) is 0. The van der Waals surface area contributed by atoms with E-state index in [0.29, 0.717) is 5.92 Å². The molecule has 0 radical (unpaired) electrons. The molecule has 0 aromatic heterocycles. The Morgan fingerprint density at radius 1 is 0.529 bits per heavy atom. The third-order valence-corrected chi connectivity index (χ3v) is 5.56. The van der Waals surface area contributed by atoms with Crippen molar-refractivity contribution in [1.82, 2.24) is 0 Å². The molecule has 0 amide bonds. The second kappa shape index (κ2) is 18.7. The zero-order chi connectivity index (χ0) is 27.7. The zero-order valence-corrected chi connectivity index (χ0v) is 26.5. The van der Waals surface area contributed by atoms with Crippen LogP contribution >= 0.6 is 0 Å². The first-order valence-corrected chi connectivity index (χ1v) is 14.3. The van der Waals surface area contributed by atoms with Gasteiger partial charge in [-0.2, -0.15) is 0 Å². The second-order valence-corrected chi connectivity index (χ2v) is 9.83. The second-order valence-electron chi connectivity index (χ2n) is 9.83. The standard InChI is InChI=1S/C22H28.C4H10.4C2H6/c1-14-19-12-15(21(2,3)4)8-10-17(19)18-11-9-16(13-20(14)18)22(5,6)7;1-3-4-2;4*1-2/h8-14H,1-7H3;3-4H2,1-2H3;4*1-2H3. The van der Waals surface area contributed by atoms with E-state index in [1.54, 1.807) is 0 Å². The summed E-state index contributed by atoms with van der Waals surface area (Å²) in [5.41, 5.74) is 9.12. The largest absolute Gasteiger partial charge is 0.0683 e. The Labute approximate surface area is 217 Å². The van der Waals surface area contributed by atoms with E-state index in [0.717, 1.165) is 0 Å². The predicted molar refractivity (Wildman–Crippen MR) is 163 cm³/mol. The molecule has 3 rings (SSSR count). The summed E-state index contributed by atoms with van der Waals surface area (Å²) in [6.45, 7) is 36.5. The van der Waals surface area contributed by atoms with Crippen molar-refractivity contribution in [2.45, 2.75) is 147 Å². The Morgan fingerprint density at radius 2 is 0.794 bits per heavy atom. The van der Waals surface area contributed by atoms with Gasteiger partial charge in [0.1, 0.15) is 0 Å². The van der Waals surface area contributed by atoms with Crippen molar-refractivity contribution in [1.29, 1.82) is 0 Å².